The molecular formula is C17H20N2O2S. The first-order valence-electron chi connectivity index (χ1n) is 7.02. The number of ether oxygens (including phenoxy) is 1. The number of benzene rings is 1. The van der Waals surface area contributed by atoms with Crippen molar-refractivity contribution in [2.45, 2.75) is 26.2 Å². The van der Waals surface area contributed by atoms with E-state index in [9.17, 15) is 4.79 Å². The van der Waals surface area contributed by atoms with Crippen LogP contribution in [0.25, 0.3) is 0 Å². The fourth-order valence-corrected chi connectivity index (χ4v) is 2.37. The van der Waals surface area contributed by atoms with Gasteiger partial charge in [-0.25, -0.2) is 5.43 Å². The van der Waals surface area contributed by atoms with Crippen LogP contribution in [0.4, 0.5) is 0 Å². The van der Waals surface area contributed by atoms with E-state index in [0.29, 0.717) is 5.75 Å². The van der Waals surface area contributed by atoms with Gasteiger partial charge in [-0.05, 0) is 39.9 Å². The second-order valence-corrected chi connectivity index (χ2v) is 6.69. The van der Waals surface area contributed by atoms with Crippen molar-refractivity contribution < 1.29 is 9.53 Å². The predicted molar refractivity (Wildman–Crippen MR) is 90.7 cm³/mol. The van der Waals surface area contributed by atoms with E-state index >= 15 is 0 Å². The molecule has 116 valence electrons. The summed E-state index contributed by atoms with van der Waals surface area (Å²) in [6, 6.07) is 9.71. The molecule has 1 N–H and O–H groups in total. The van der Waals surface area contributed by atoms with Crippen LogP contribution in [-0.4, -0.2) is 18.7 Å². The van der Waals surface area contributed by atoms with Crippen LogP contribution >= 0.6 is 11.3 Å². The quantitative estimate of drug-likeness (QED) is 0.677. The number of hydrogen-bond acceptors (Lipinski definition) is 4. The van der Waals surface area contributed by atoms with Gasteiger partial charge in [-0.1, -0.05) is 32.9 Å². The topological polar surface area (TPSA) is 50.7 Å². The largest absolute Gasteiger partial charge is 0.484 e. The van der Waals surface area contributed by atoms with Crippen LogP contribution in [0, 0.1) is 0 Å². The van der Waals surface area contributed by atoms with E-state index < -0.39 is 0 Å². The Bertz CT molecular complexity index is 626. The second-order valence-electron chi connectivity index (χ2n) is 5.91. The van der Waals surface area contributed by atoms with Gasteiger partial charge in [0.25, 0.3) is 5.91 Å². The summed E-state index contributed by atoms with van der Waals surface area (Å²) in [4.78, 5) is 11.6. The Balaban J connectivity index is 1.78. The van der Waals surface area contributed by atoms with E-state index in [0.717, 1.165) is 5.56 Å². The number of carbonyl (C=O) groups is 1. The third-order valence-corrected chi connectivity index (χ3v) is 3.74. The van der Waals surface area contributed by atoms with E-state index in [1.165, 1.54) is 5.56 Å². The van der Waals surface area contributed by atoms with Gasteiger partial charge in [-0.2, -0.15) is 16.4 Å². The summed E-state index contributed by atoms with van der Waals surface area (Å²) < 4.78 is 5.44. The van der Waals surface area contributed by atoms with Crippen LogP contribution in [0.15, 0.2) is 46.2 Å². The summed E-state index contributed by atoms with van der Waals surface area (Å²) in [6.45, 7) is 6.40. The smallest absolute Gasteiger partial charge is 0.277 e. The summed E-state index contributed by atoms with van der Waals surface area (Å²) in [7, 11) is 0. The Morgan fingerprint density at radius 1 is 1.27 bits per heavy atom. The molecule has 0 spiro atoms. The number of amides is 1. The minimum absolute atomic E-state index is 0.0597. The SMILES string of the molecule is CC(C)(C)c1ccc(OCC(=O)N/N=C/c2ccsc2)cc1. The van der Waals surface area contributed by atoms with Gasteiger partial charge < -0.3 is 4.74 Å². The van der Waals surface area contributed by atoms with E-state index in [2.05, 4.69) is 31.3 Å². The Morgan fingerprint density at radius 3 is 2.59 bits per heavy atom. The molecule has 22 heavy (non-hydrogen) atoms. The number of rotatable bonds is 5. The summed E-state index contributed by atoms with van der Waals surface area (Å²) in [6.07, 6.45) is 1.60. The molecule has 0 atom stereocenters. The lowest BCUT2D eigenvalue weighted by molar-refractivity contribution is -0.123. The van der Waals surface area contributed by atoms with Gasteiger partial charge in [-0.3, -0.25) is 4.79 Å². The molecule has 1 aromatic carbocycles. The maximum Gasteiger partial charge on any atom is 0.277 e. The van der Waals surface area contributed by atoms with Crippen molar-refractivity contribution in [2.24, 2.45) is 5.10 Å². The lowest BCUT2D eigenvalue weighted by Crippen LogP contribution is -2.24. The standard InChI is InChI=1S/C17H20N2O2S/c1-17(2,3)14-4-6-15(7-5-14)21-11-16(20)19-18-10-13-8-9-22-12-13/h4-10,12H,11H2,1-3H3,(H,19,20)/b18-10+. The Kier molecular flexibility index (Phi) is 5.33. The molecule has 0 aliphatic carbocycles. The normalized spacial score (nSPS) is 11.6. The van der Waals surface area contributed by atoms with E-state index in [1.807, 2.05) is 41.1 Å². The monoisotopic (exact) mass is 316 g/mol. The van der Waals surface area contributed by atoms with Crippen molar-refractivity contribution >= 4 is 23.5 Å². The van der Waals surface area contributed by atoms with Gasteiger partial charge in [0, 0.05) is 5.56 Å². The maximum atomic E-state index is 11.6. The number of thiophene rings is 1. The van der Waals surface area contributed by atoms with E-state index in [1.54, 1.807) is 17.6 Å². The number of hydrazone groups is 1. The molecule has 0 aliphatic heterocycles. The van der Waals surface area contributed by atoms with Crippen LogP contribution in [-0.2, 0) is 10.2 Å². The average molecular weight is 316 g/mol. The molecular weight excluding hydrogens is 296 g/mol. The number of carbonyl (C=O) groups excluding carboxylic acids is 1. The molecule has 1 heterocycles. The van der Waals surface area contributed by atoms with Crippen molar-refractivity contribution in [1.82, 2.24) is 5.43 Å². The van der Waals surface area contributed by atoms with E-state index in [4.69, 9.17) is 4.74 Å². The molecule has 4 nitrogen and oxygen atoms in total. The molecule has 1 amide bonds. The zero-order valence-corrected chi connectivity index (χ0v) is 13.8. The highest BCUT2D eigenvalue weighted by Crippen LogP contribution is 2.24. The van der Waals surface area contributed by atoms with Gasteiger partial charge in [-0.15, -0.1) is 0 Å². The Labute approximate surface area is 134 Å². The molecule has 0 unspecified atom stereocenters. The summed E-state index contributed by atoms with van der Waals surface area (Å²) in [5, 5.41) is 7.77. The minimum atomic E-state index is -0.286. The van der Waals surface area contributed by atoms with Crippen LogP contribution in [0.5, 0.6) is 5.75 Å². The third-order valence-electron chi connectivity index (χ3n) is 3.04. The lowest BCUT2D eigenvalue weighted by atomic mass is 9.87. The van der Waals surface area contributed by atoms with Gasteiger partial charge in [0.2, 0.25) is 0 Å². The van der Waals surface area contributed by atoms with Crippen LogP contribution in [0.2, 0.25) is 0 Å². The lowest BCUT2D eigenvalue weighted by Gasteiger charge is -2.19. The number of nitrogens with one attached hydrogen (secondary N) is 1. The molecule has 0 fully saturated rings. The molecule has 5 heteroatoms. The summed E-state index contributed by atoms with van der Waals surface area (Å²) >= 11 is 1.58. The highest BCUT2D eigenvalue weighted by molar-refractivity contribution is 7.08. The molecule has 0 aliphatic rings. The summed E-state index contributed by atoms with van der Waals surface area (Å²) in [5.74, 6) is 0.386. The second kappa shape index (κ2) is 7.22. The minimum Gasteiger partial charge on any atom is -0.484 e. The van der Waals surface area contributed by atoms with Crippen molar-refractivity contribution in [2.75, 3.05) is 6.61 Å². The molecule has 2 aromatic rings. The predicted octanol–water partition coefficient (Wildman–Crippen LogP) is 3.57. The molecule has 2 rings (SSSR count). The van der Waals surface area contributed by atoms with Crippen LogP contribution in [0.1, 0.15) is 31.9 Å². The highest BCUT2D eigenvalue weighted by atomic mass is 32.1. The van der Waals surface area contributed by atoms with Crippen LogP contribution < -0.4 is 10.2 Å². The Hall–Kier alpha value is -2.14. The number of hydrogen-bond donors (Lipinski definition) is 1. The van der Waals surface area contributed by atoms with Gasteiger partial charge in [0.1, 0.15) is 5.75 Å². The zero-order chi connectivity index (χ0) is 16.0. The molecule has 1 aromatic heterocycles. The Morgan fingerprint density at radius 2 is 2.00 bits per heavy atom. The number of nitrogens with zero attached hydrogens (tertiary/aromatic N) is 1. The fraction of sp³-hybridized carbons (Fsp3) is 0.294. The molecule has 0 saturated carbocycles. The first-order valence-corrected chi connectivity index (χ1v) is 7.97. The molecule has 0 saturated heterocycles. The van der Waals surface area contributed by atoms with Gasteiger partial charge >= 0.3 is 0 Å². The first kappa shape index (κ1) is 16.2. The average Bonchev–Trinajstić information content (AvgIpc) is 2.98. The van der Waals surface area contributed by atoms with Crippen molar-refractivity contribution in [1.29, 1.82) is 0 Å². The highest BCUT2D eigenvalue weighted by Gasteiger charge is 2.13. The maximum absolute atomic E-state index is 11.6. The third kappa shape index (κ3) is 5.00. The van der Waals surface area contributed by atoms with Crippen molar-refractivity contribution in [3.8, 4) is 5.75 Å². The zero-order valence-electron chi connectivity index (χ0n) is 13.0. The molecule has 0 radical (unpaired) electrons. The van der Waals surface area contributed by atoms with Gasteiger partial charge in [0.15, 0.2) is 6.61 Å². The molecule has 0 bridgehead atoms. The van der Waals surface area contributed by atoms with Gasteiger partial charge in [0.05, 0.1) is 6.21 Å². The summed E-state index contributed by atoms with van der Waals surface area (Å²) in [5.41, 5.74) is 4.73. The fourth-order valence-electron chi connectivity index (χ4n) is 1.76. The van der Waals surface area contributed by atoms with Crippen molar-refractivity contribution in [3.63, 3.8) is 0 Å². The van der Waals surface area contributed by atoms with E-state index in [-0.39, 0.29) is 17.9 Å². The van der Waals surface area contributed by atoms with Crippen molar-refractivity contribution in [3.05, 3.63) is 52.2 Å². The van der Waals surface area contributed by atoms with Crippen LogP contribution in [0.3, 0.4) is 0 Å². The first-order chi connectivity index (χ1) is 10.4.